The predicted molar refractivity (Wildman–Crippen MR) is 62.1 cm³/mol. The molecule has 0 spiro atoms. The van der Waals surface area contributed by atoms with E-state index in [1.165, 1.54) is 25.7 Å². The Kier molecular flexibility index (Phi) is 3.27. The molecule has 2 nitrogen and oxygen atoms in total. The molecule has 0 aromatic heterocycles. The maximum absolute atomic E-state index is 2.33. The van der Waals surface area contributed by atoms with Crippen LogP contribution in [0.15, 0.2) is 0 Å². The molecule has 2 heteroatoms. The van der Waals surface area contributed by atoms with Gasteiger partial charge in [0.05, 0.1) is 54.4 Å². The van der Waals surface area contributed by atoms with Gasteiger partial charge in [-0.1, -0.05) is 0 Å². The van der Waals surface area contributed by atoms with Crippen molar-refractivity contribution in [1.82, 2.24) is 0 Å². The van der Waals surface area contributed by atoms with Gasteiger partial charge in [0.1, 0.15) is 0 Å². The van der Waals surface area contributed by atoms with Gasteiger partial charge in [-0.05, 0) is 0 Å². The summed E-state index contributed by atoms with van der Waals surface area (Å²) in [5.41, 5.74) is 0. The van der Waals surface area contributed by atoms with Crippen LogP contribution in [0.3, 0.4) is 0 Å². The van der Waals surface area contributed by atoms with Crippen molar-refractivity contribution in [3.05, 3.63) is 0 Å². The molecule has 0 aromatic rings. The first-order valence-electron chi connectivity index (χ1n) is 5.83. The lowest BCUT2D eigenvalue weighted by Gasteiger charge is -2.42. The summed E-state index contributed by atoms with van der Waals surface area (Å²) in [7, 11) is 14.0. The summed E-state index contributed by atoms with van der Waals surface area (Å²) in [5.74, 6) is 0. The highest BCUT2D eigenvalue weighted by atomic mass is 15.3. The maximum atomic E-state index is 2.33. The van der Waals surface area contributed by atoms with E-state index in [1.807, 2.05) is 0 Å². The minimum absolute atomic E-state index is 0.887. The van der Waals surface area contributed by atoms with E-state index >= 15 is 0 Å². The first-order chi connectivity index (χ1) is 6.21. The number of rotatable bonds is 2. The Labute approximate surface area is 89.7 Å². The summed E-state index contributed by atoms with van der Waals surface area (Å²) in [6, 6.07) is 1.77. The van der Waals surface area contributed by atoms with Crippen LogP contribution in [-0.2, 0) is 0 Å². The molecule has 0 N–H and O–H groups in total. The summed E-state index contributed by atoms with van der Waals surface area (Å²) in [4.78, 5) is 0. The Balaban J connectivity index is 2.47. The van der Waals surface area contributed by atoms with Crippen LogP contribution < -0.4 is 0 Å². The highest BCUT2D eigenvalue weighted by Crippen LogP contribution is 2.28. The van der Waals surface area contributed by atoms with Gasteiger partial charge < -0.3 is 8.97 Å². The third-order valence-corrected chi connectivity index (χ3v) is 3.86. The van der Waals surface area contributed by atoms with Gasteiger partial charge in [0.25, 0.3) is 0 Å². The summed E-state index contributed by atoms with van der Waals surface area (Å²) >= 11 is 0. The number of nitrogens with zero attached hydrogens (tertiary/aromatic N) is 2. The van der Waals surface area contributed by atoms with Crippen LogP contribution in [0, 0.1) is 0 Å². The van der Waals surface area contributed by atoms with Crippen molar-refractivity contribution >= 4 is 0 Å². The van der Waals surface area contributed by atoms with Crippen molar-refractivity contribution in [3.63, 3.8) is 0 Å². The predicted octanol–water partition coefficient (Wildman–Crippen LogP) is 1.71. The number of quaternary nitrogens is 2. The smallest absolute Gasteiger partial charge is 0.0888 e. The van der Waals surface area contributed by atoms with Gasteiger partial charge in [-0.25, -0.2) is 0 Å². The summed E-state index contributed by atoms with van der Waals surface area (Å²) < 4.78 is 2.29. The van der Waals surface area contributed by atoms with Gasteiger partial charge in [-0.15, -0.1) is 0 Å². The van der Waals surface area contributed by atoms with Crippen LogP contribution in [0.4, 0.5) is 0 Å². The van der Waals surface area contributed by atoms with Crippen LogP contribution >= 0.6 is 0 Å². The Morgan fingerprint density at radius 1 is 0.571 bits per heavy atom. The average molecular weight is 200 g/mol. The van der Waals surface area contributed by atoms with E-state index in [-0.39, 0.29) is 0 Å². The third kappa shape index (κ3) is 2.96. The highest BCUT2D eigenvalue weighted by Gasteiger charge is 2.34. The van der Waals surface area contributed by atoms with E-state index in [0.717, 1.165) is 21.0 Å². The zero-order chi connectivity index (χ0) is 11.0. The van der Waals surface area contributed by atoms with Crippen LogP contribution in [0.5, 0.6) is 0 Å². The van der Waals surface area contributed by atoms with E-state index in [4.69, 9.17) is 0 Å². The molecule has 1 rings (SSSR count). The van der Waals surface area contributed by atoms with Gasteiger partial charge in [-0.2, -0.15) is 0 Å². The van der Waals surface area contributed by atoms with E-state index in [2.05, 4.69) is 42.3 Å². The Morgan fingerprint density at radius 3 is 0.929 bits per heavy atom. The maximum Gasteiger partial charge on any atom is 0.0888 e. The lowest BCUT2D eigenvalue weighted by Crippen LogP contribution is -2.52. The second-order valence-corrected chi connectivity index (χ2v) is 6.69. The van der Waals surface area contributed by atoms with E-state index < -0.39 is 0 Å². The first-order valence-corrected chi connectivity index (χ1v) is 5.83. The molecular weight excluding hydrogens is 172 g/mol. The van der Waals surface area contributed by atoms with Crippen molar-refractivity contribution in [3.8, 4) is 0 Å². The molecule has 0 heterocycles. The molecule has 0 unspecified atom stereocenters. The van der Waals surface area contributed by atoms with Crippen LogP contribution in [-0.4, -0.2) is 63.3 Å². The van der Waals surface area contributed by atoms with Crippen molar-refractivity contribution in [2.75, 3.05) is 42.3 Å². The molecule has 1 fully saturated rings. The molecule has 84 valence electrons. The molecule has 0 atom stereocenters. The molecule has 0 radical (unpaired) electrons. The normalized spacial score (nSPS) is 30.4. The van der Waals surface area contributed by atoms with Gasteiger partial charge in [-0.3, -0.25) is 0 Å². The molecule has 0 amide bonds. The first kappa shape index (κ1) is 12.0. The number of hydrogen-bond acceptors (Lipinski definition) is 0. The lowest BCUT2D eigenvalue weighted by molar-refractivity contribution is -0.912. The second kappa shape index (κ2) is 3.82. The summed E-state index contributed by atoms with van der Waals surface area (Å²) in [6.07, 6.45) is 5.63. The van der Waals surface area contributed by atoms with Crippen LogP contribution in [0.1, 0.15) is 25.7 Å². The van der Waals surface area contributed by atoms with Crippen LogP contribution in [0.25, 0.3) is 0 Å². The SMILES string of the molecule is C[N+](C)(C)C1CCC([N+](C)(C)C)CC1. The van der Waals surface area contributed by atoms with Crippen molar-refractivity contribution in [2.45, 2.75) is 37.8 Å². The topological polar surface area (TPSA) is 0 Å². The van der Waals surface area contributed by atoms with Gasteiger partial charge in [0.2, 0.25) is 0 Å². The molecule has 1 aliphatic rings. The third-order valence-electron chi connectivity index (χ3n) is 3.86. The lowest BCUT2D eigenvalue weighted by atomic mass is 9.88. The quantitative estimate of drug-likeness (QED) is 0.595. The Morgan fingerprint density at radius 2 is 0.786 bits per heavy atom. The monoisotopic (exact) mass is 200 g/mol. The van der Waals surface area contributed by atoms with E-state index in [9.17, 15) is 0 Å². The van der Waals surface area contributed by atoms with Gasteiger partial charge >= 0.3 is 0 Å². The van der Waals surface area contributed by atoms with E-state index in [1.54, 1.807) is 0 Å². The molecule has 0 bridgehead atoms. The van der Waals surface area contributed by atoms with Crippen molar-refractivity contribution in [2.24, 2.45) is 0 Å². The Hall–Kier alpha value is -0.0800. The largest absolute Gasteiger partial charge is 0.328 e. The Bertz CT molecular complexity index is 155. The fourth-order valence-electron chi connectivity index (χ4n) is 2.61. The zero-order valence-electron chi connectivity index (χ0n) is 10.9. The molecule has 0 aromatic carbocycles. The molecule has 14 heavy (non-hydrogen) atoms. The van der Waals surface area contributed by atoms with Gasteiger partial charge in [0.15, 0.2) is 0 Å². The summed E-state index contributed by atoms with van der Waals surface area (Å²) in [6.45, 7) is 0. The summed E-state index contributed by atoms with van der Waals surface area (Å²) in [5, 5.41) is 0. The number of hydrogen-bond donors (Lipinski definition) is 0. The molecule has 0 aliphatic heterocycles. The van der Waals surface area contributed by atoms with Crippen LogP contribution in [0.2, 0.25) is 0 Å². The van der Waals surface area contributed by atoms with E-state index in [0.29, 0.717) is 0 Å². The van der Waals surface area contributed by atoms with Crippen molar-refractivity contribution < 1.29 is 8.97 Å². The molecule has 1 aliphatic carbocycles. The van der Waals surface area contributed by atoms with Gasteiger partial charge in [0, 0.05) is 25.7 Å². The zero-order valence-corrected chi connectivity index (χ0v) is 10.9. The fourth-order valence-corrected chi connectivity index (χ4v) is 2.61. The minimum Gasteiger partial charge on any atom is -0.328 e. The second-order valence-electron chi connectivity index (χ2n) is 6.69. The fraction of sp³-hybridized carbons (Fsp3) is 1.00. The molecule has 0 saturated heterocycles. The minimum atomic E-state index is 0.887. The highest BCUT2D eigenvalue weighted by molar-refractivity contribution is 4.72. The average Bonchev–Trinajstić information content (AvgIpc) is 2.01. The molecule has 1 saturated carbocycles. The standard InChI is InChI=1S/C12H28N2/c1-13(2,3)11-7-9-12(10-8-11)14(4,5)6/h11-12H,7-10H2,1-6H3/q+2. The molecular formula is C12H28N2+2. The van der Waals surface area contributed by atoms with Crippen molar-refractivity contribution in [1.29, 1.82) is 0 Å².